The van der Waals surface area contributed by atoms with Gasteiger partial charge in [-0.3, -0.25) is 9.98 Å². The minimum Gasteiger partial charge on any atom is -0.384 e. The summed E-state index contributed by atoms with van der Waals surface area (Å²) in [5.41, 5.74) is 1.65. The topological polar surface area (TPSA) is 58.0 Å². The lowest BCUT2D eigenvalue weighted by Crippen LogP contribution is -2.28. The number of methoxy groups -OCH3 is 1. The molecule has 5 nitrogen and oxygen atoms in total. The Bertz CT molecular complexity index is 616. The average Bonchev–Trinajstić information content (AvgIpc) is 3.02. The van der Waals surface area contributed by atoms with Crippen molar-refractivity contribution in [2.45, 2.75) is 44.8 Å². The maximum Gasteiger partial charge on any atom is 0.101 e. The van der Waals surface area contributed by atoms with Crippen LogP contribution in [0.3, 0.4) is 0 Å². The predicted molar refractivity (Wildman–Crippen MR) is 95.7 cm³/mol. The SMILES string of the molecule is CO[C@@H]1CC[C@@H](CN2C=C(c3ccc(C(C)(C)O)nc3)N=CC2)C1. The van der Waals surface area contributed by atoms with E-state index in [1.165, 1.54) is 12.8 Å². The van der Waals surface area contributed by atoms with Gasteiger partial charge in [-0.05, 0) is 51.2 Å². The van der Waals surface area contributed by atoms with Crippen LogP contribution in [0.5, 0.6) is 0 Å². The van der Waals surface area contributed by atoms with Gasteiger partial charge in [-0.15, -0.1) is 0 Å². The molecule has 2 aliphatic rings. The lowest BCUT2D eigenvalue weighted by molar-refractivity contribution is 0.0738. The Morgan fingerprint density at radius 3 is 2.79 bits per heavy atom. The molecule has 0 amide bonds. The van der Waals surface area contributed by atoms with E-state index in [1.54, 1.807) is 20.0 Å². The van der Waals surface area contributed by atoms with Gasteiger partial charge in [0.2, 0.25) is 0 Å². The summed E-state index contributed by atoms with van der Waals surface area (Å²) in [7, 11) is 1.81. The first-order valence-corrected chi connectivity index (χ1v) is 8.66. The number of hydrogen-bond acceptors (Lipinski definition) is 5. The van der Waals surface area contributed by atoms with Crippen molar-refractivity contribution >= 4 is 11.9 Å². The summed E-state index contributed by atoms with van der Waals surface area (Å²) in [5.74, 6) is 0.689. The maximum absolute atomic E-state index is 10.0. The number of rotatable bonds is 5. The van der Waals surface area contributed by atoms with Crippen LogP contribution in [-0.2, 0) is 10.3 Å². The van der Waals surface area contributed by atoms with Crippen molar-refractivity contribution in [2.75, 3.05) is 20.2 Å². The van der Waals surface area contributed by atoms with Gasteiger partial charge in [0.1, 0.15) is 5.60 Å². The number of ether oxygens (including phenoxy) is 1. The zero-order valence-electron chi connectivity index (χ0n) is 14.8. The maximum atomic E-state index is 10.0. The lowest BCUT2D eigenvalue weighted by atomic mass is 10.0. The molecule has 0 aromatic carbocycles. The van der Waals surface area contributed by atoms with Crippen molar-refractivity contribution in [3.05, 3.63) is 35.8 Å². The number of hydrogen-bond donors (Lipinski definition) is 1. The van der Waals surface area contributed by atoms with Crippen molar-refractivity contribution < 1.29 is 9.84 Å². The van der Waals surface area contributed by atoms with Crippen LogP contribution in [0.2, 0.25) is 0 Å². The zero-order valence-corrected chi connectivity index (χ0v) is 14.8. The molecule has 0 bridgehead atoms. The molecule has 0 saturated heterocycles. The van der Waals surface area contributed by atoms with Crippen LogP contribution in [0.25, 0.3) is 5.70 Å². The van der Waals surface area contributed by atoms with E-state index >= 15 is 0 Å². The van der Waals surface area contributed by atoms with Gasteiger partial charge >= 0.3 is 0 Å². The molecule has 0 spiro atoms. The highest BCUT2D eigenvalue weighted by atomic mass is 16.5. The Kier molecular flexibility index (Phi) is 5.01. The van der Waals surface area contributed by atoms with E-state index in [9.17, 15) is 5.11 Å². The minimum absolute atomic E-state index is 0.426. The highest BCUT2D eigenvalue weighted by molar-refractivity contribution is 5.76. The molecule has 1 N–H and O–H groups in total. The van der Waals surface area contributed by atoms with Gasteiger partial charge in [0.25, 0.3) is 0 Å². The first-order chi connectivity index (χ1) is 11.5. The number of pyridine rings is 1. The molecule has 24 heavy (non-hydrogen) atoms. The number of aliphatic imine (C=N–C) groups is 1. The quantitative estimate of drug-likeness (QED) is 0.902. The van der Waals surface area contributed by atoms with Crippen LogP contribution < -0.4 is 0 Å². The molecule has 0 unspecified atom stereocenters. The molecule has 1 fully saturated rings. The molecule has 1 aromatic rings. The molecule has 0 radical (unpaired) electrons. The van der Waals surface area contributed by atoms with E-state index in [-0.39, 0.29) is 0 Å². The van der Waals surface area contributed by atoms with Crippen molar-refractivity contribution in [3.8, 4) is 0 Å². The van der Waals surface area contributed by atoms with Crippen molar-refractivity contribution in [2.24, 2.45) is 10.9 Å². The molecule has 2 atom stereocenters. The predicted octanol–water partition coefficient (Wildman–Crippen LogP) is 2.81. The Hall–Kier alpha value is -1.72. The highest BCUT2D eigenvalue weighted by Crippen LogP contribution is 2.29. The second-order valence-electron chi connectivity index (χ2n) is 7.31. The summed E-state index contributed by atoms with van der Waals surface area (Å²) in [6.07, 6.45) is 9.85. The van der Waals surface area contributed by atoms with Gasteiger partial charge in [-0.2, -0.15) is 0 Å². The fourth-order valence-electron chi connectivity index (χ4n) is 3.43. The lowest BCUT2D eigenvalue weighted by Gasteiger charge is -2.26. The van der Waals surface area contributed by atoms with Crippen molar-refractivity contribution in [1.29, 1.82) is 0 Å². The molecule has 1 aromatic heterocycles. The van der Waals surface area contributed by atoms with Gasteiger partial charge in [0, 0.05) is 37.8 Å². The molecule has 1 aliphatic heterocycles. The Labute approximate surface area is 144 Å². The number of aliphatic hydroxyl groups is 1. The summed E-state index contributed by atoms with van der Waals surface area (Å²) in [4.78, 5) is 11.2. The molecule has 1 aliphatic carbocycles. The Morgan fingerprint density at radius 2 is 2.17 bits per heavy atom. The summed E-state index contributed by atoms with van der Waals surface area (Å²) < 4.78 is 5.47. The zero-order chi connectivity index (χ0) is 17.2. The van der Waals surface area contributed by atoms with Crippen LogP contribution >= 0.6 is 0 Å². The number of nitrogens with zero attached hydrogens (tertiary/aromatic N) is 3. The summed E-state index contributed by atoms with van der Waals surface area (Å²) in [6, 6.07) is 3.84. The standard InChI is InChI=1S/C19H27N3O2/c1-19(2,23)18-7-5-15(11-21-18)17-13-22(9-8-20-17)12-14-4-6-16(10-14)24-3/h5,7-8,11,13-14,16,23H,4,6,9-10,12H2,1-3H3/t14-,16-/m1/s1. The monoisotopic (exact) mass is 329 g/mol. The van der Waals surface area contributed by atoms with Gasteiger partial charge in [-0.1, -0.05) is 0 Å². The van der Waals surface area contributed by atoms with E-state index in [2.05, 4.69) is 21.1 Å². The largest absolute Gasteiger partial charge is 0.384 e. The van der Waals surface area contributed by atoms with Gasteiger partial charge in [0.05, 0.1) is 24.0 Å². The molecule has 130 valence electrons. The second kappa shape index (κ2) is 7.03. The molecular formula is C19H27N3O2. The Morgan fingerprint density at radius 1 is 1.33 bits per heavy atom. The smallest absolute Gasteiger partial charge is 0.101 e. The molecule has 3 rings (SSSR count). The summed E-state index contributed by atoms with van der Waals surface area (Å²) in [5, 5.41) is 10.0. The van der Waals surface area contributed by atoms with E-state index in [1.807, 2.05) is 25.5 Å². The molecular weight excluding hydrogens is 302 g/mol. The molecule has 5 heteroatoms. The fourth-order valence-corrected chi connectivity index (χ4v) is 3.43. The van der Waals surface area contributed by atoms with E-state index in [4.69, 9.17) is 4.74 Å². The van der Waals surface area contributed by atoms with Crippen LogP contribution in [0.1, 0.15) is 44.4 Å². The number of aromatic nitrogens is 1. The molecule has 2 heterocycles. The van der Waals surface area contributed by atoms with Crippen LogP contribution in [0.15, 0.2) is 29.5 Å². The van der Waals surface area contributed by atoms with Crippen LogP contribution in [0, 0.1) is 5.92 Å². The van der Waals surface area contributed by atoms with E-state index < -0.39 is 5.60 Å². The van der Waals surface area contributed by atoms with Gasteiger partial charge in [-0.25, -0.2) is 0 Å². The summed E-state index contributed by atoms with van der Waals surface area (Å²) in [6.45, 7) is 5.38. The fraction of sp³-hybridized carbons (Fsp3) is 0.579. The second-order valence-corrected chi connectivity index (χ2v) is 7.31. The van der Waals surface area contributed by atoms with Gasteiger partial charge < -0.3 is 14.7 Å². The van der Waals surface area contributed by atoms with Crippen LogP contribution in [0.4, 0.5) is 0 Å². The normalized spacial score (nSPS) is 24.3. The van der Waals surface area contributed by atoms with E-state index in [0.717, 1.165) is 30.8 Å². The average molecular weight is 329 g/mol. The third kappa shape index (κ3) is 4.02. The highest BCUT2D eigenvalue weighted by Gasteiger charge is 2.26. The Balaban J connectivity index is 1.67. The van der Waals surface area contributed by atoms with Gasteiger partial charge in [0.15, 0.2) is 0 Å². The first kappa shape index (κ1) is 17.1. The van der Waals surface area contributed by atoms with E-state index in [0.29, 0.717) is 17.7 Å². The summed E-state index contributed by atoms with van der Waals surface area (Å²) >= 11 is 0. The third-order valence-corrected chi connectivity index (χ3v) is 4.86. The third-order valence-electron chi connectivity index (χ3n) is 4.86. The minimum atomic E-state index is -0.921. The molecule has 1 saturated carbocycles. The van der Waals surface area contributed by atoms with Crippen molar-refractivity contribution in [3.63, 3.8) is 0 Å². The van der Waals surface area contributed by atoms with Crippen LogP contribution in [-0.4, -0.2) is 47.5 Å². The first-order valence-electron chi connectivity index (χ1n) is 8.66. The van der Waals surface area contributed by atoms with Crippen molar-refractivity contribution in [1.82, 2.24) is 9.88 Å².